The summed E-state index contributed by atoms with van der Waals surface area (Å²) >= 11 is 0. The lowest BCUT2D eigenvalue weighted by Crippen LogP contribution is -2.60. The molecule has 1 aromatic carbocycles. The zero-order chi connectivity index (χ0) is 53.3. The number of amides is 1. The number of aromatic amines is 1. The molecule has 406 valence electrons. The van der Waals surface area contributed by atoms with Crippen LogP contribution < -0.4 is 0 Å². The second-order valence-corrected chi connectivity index (χ2v) is 22.6. The number of ether oxygens (including phenoxy) is 4. The largest absolute Gasteiger partial charge is 0.460 e. The van der Waals surface area contributed by atoms with Gasteiger partial charge in [0, 0.05) is 62.0 Å². The number of ketones is 1. The number of rotatable bonds is 6. The summed E-state index contributed by atoms with van der Waals surface area (Å²) < 4.78 is 24.2. The second kappa shape index (κ2) is 26.2. The monoisotopic (exact) mass is 1020 g/mol. The number of carbonyl (C=O) groups excluding carboxylic acids is 3. The van der Waals surface area contributed by atoms with Crippen LogP contribution in [-0.2, 0) is 33.3 Å². The summed E-state index contributed by atoms with van der Waals surface area (Å²) in [6.07, 6.45) is 13.4. The van der Waals surface area contributed by atoms with E-state index in [1.54, 1.807) is 27.0 Å². The van der Waals surface area contributed by atoms with E-state index in [2.05, 4.69) is 50.0 Å². The highest BCUT2D eigenvalue weighted by Crippen LogP contribution is 2.42. The predicted molar refractivity (Wildman–Crippen MR) is 282 cm³/mol. The topological polar surface area (TPSA) is 208 Å². The van der Waals surface area contributed by atoms with E-state index < -0.39 is 84.1 Å². The fourth-order valence-corrected chi connectivity index (χ4v) is 12.2. The van der Waals surface area contributed by atoms with Gasteiger partial charge in [-0.25, -0.2) is 4.79 Å². The number of carbonyl (C=O) groups is 3. The van der Waals surface area contributed by atoms with Gasteiger partial charge in [-0.3, -0.25) is 9.59 Å². The standard InChI is InChI=1S/C59H88N2O12/c1-34-17-12-11-13-18-35(2)45(46-33-60-52-36(3)19-16-20-44(46)52)31-43-24-22-41(8)59(69,73-43)56(66)57(67)61-26-15-14-21-47(61)58(68)72-50(38(5)29-42-23-25-48(62)51(30-42)70-9)32-49(63)37(4)28-40(7)54(65)55(71-10)53(64)39(6)27-34/h11-13,16-20,28,33-34,37-39,41-43,45,47-51,53-55,60,62-65,69H,14-15,21-27,29-32H2,1-10H3/b13-11+,17-12+,35-18+,40-28+/t34-,37-,38-,39-,41-,42?,43+,45+,47?,48-,49+,50+,51-,53+,54-,55+,59-/m1/s1. The number of hydrogen-bond donors (Lipinski definition) is 6. The first-order chi connectivity index (χ1) is 34.7. The Morgan fingerprint density at radius 3 is 2.33 bits per heavy atom. The third kappa shape index (κ3) is 14.1. The first-order valence-electron chi connectivity index (χ1n) is 27.2. The van der Waals surface area contributed by atoms with Gasteiger partial charge < -0.3 is 54.4 Å². The van der Waals surface area contributed by atoms with E-state index >= 15 is 0 Å². The Morgan fingerprint density at radius 1 is 0.849 bits per heavy atom. The molecule has 1 aromatic heterocycles. The van der Waals surface area contributed by atoms with Gasteiger partial charge in [0.2, 0.25) is 5.79 Å². The van der Waals surface area contributed by atoms with E-state index in [-0.39, 0.29) is 55.1 Å². The number of nitrogens with zero attached hydrogens (tertiary/aromatic N) is 1. The Morgan fingerprint density at radius 2 is 1.60 bits per heavy atom. The molecule has 17 atom stereocenters. The molecule has 6 rings (SSSR count). The molecule has 1 aliphatic carbocycles. The van der Waals surface area contributed by atoms with Crippen molar-refractivity contribution in [2.45, 2.75) is 199 Å². The Labute approximate surface area is 434 Å². The summed E-state index contributed by atoms with van der Waals surface area (Å²) in [5, 5.41) is 59.1. The number of nitrogens with one attached hydrogen (secondary N) is 1. The number of aliphatic hydroxyl groups excluding tert-OH is 4. The van der Waals surface area contributed by atoms with Crippen LogP contribution in [-0.4, -0.2) is 135 Å². The Hall–Kier alpha value is -3.99. The molecule has 3 fully saturated rings. The number of H-pyrrole nitrogens is 1. The number of para-hydroxylation sites is 1. The van der Waals surface area contributed by atoms with Gasteiger partial charge in [0.05, 0.1) is 30.5 Å². The summed E-state index contributed by atoms with van der Waals surface area (Å²) in [4.78, 5) is 48.5. The number of hydrogen-bond acceptors (Lipinski definition) is 12. The zero-order valence-corrected chi connectivity index (χ0v) is 45.2. The number of Topliss-reactive ketones (excluding diaryl/α,β-unsaturated/α-hetero) is 1. The first kappa shape index (κ1) is 58.3. The van der Waals surface area contributed by atoms with Crippen molar-refractivity contribution >= 4 is 28.6 Å². The smallest absolute Gasteiger partial charge is 0.329 e. The maximum Gasteiger partial charge on any atom is 0.329 e. The van der Waals surface area contributed by atoms with Crippen LogP contribution in [0.2, 0.25) is 0 Å². The highest BCUT2D eigenvalue weighted by Gasteiger charge is 2.53. The van der Waals surface area contributed by atoms with Crippen molar-refractivity contribution in [1.29, 1.82) is 0 Å². The van der Waals surface area contributed by atoms with Crippen molar-refractivity contribution in [3.63, 3.8) is 0 Å². The average molecular weight is 1020 g/mol. The molecule has 2 aromatic rings. The third-order valence-corrected chi connectivity index (χ3v) is 17.0. The number of piperidine rings is 1. The van der Waals surface area contributed by atoms with Gasteiger partial charge in [-0.1, -0.05) is 94.8 Å². The highest BCUT2D eigenvalue weighted by molar-refractivity contribution is 6.39. The molecule has 4 aliphatic rings. The van der Waals surface area contributed by atoms with Gasteiger partial charge in [0.1, 0.15) is 24.4 Å². The molecule has 0 spiro atoms. The molecule has 2 unspecified atom stereocenters. The van der Waals surface area contributed by atoms with Crippen molar-refractivity contribution in [2.75, 3.05) is 20.8 Å². The van der Waals surface area contributed by atoms with Crippen LogP contribution in [0, 0.1) is 42.4 Å². The molecule has 14 heteroatoms. The van der Waals surface area contributed by atoms with Crippen molar-refractivity contribution in [3.8, 4) is 0 Å². The van der Waals surface area contributed by atoms with Gasteiger partial charge in [-0.05, 0) is 132 Å². The molecule has 1 saturated carbocycles. The van der Waals surface area contributed by atoms with Gasteiger partial charge in [-0.15, -0.1) is 0 Å². The fourth-order valence-electron chi connectivity index (χ4n) is 12.2. The average Bonchev–Trinajstić information content (AvgIpc) is 3.81. The lowest BCUT2D eigenvalue weighted by molar-refractivity contribution is -0.264. The van der Waals surface area contributed by atoms with Crippen LogP contribution in [0.15, 0.2) is 72.0 Å². The number of aromatic nitrogens is 1. The summed E-state index contributed by atoms with van der Waals surface area (Å²) in [5.74, 6) is -6.94. The molecule has 3 aliphatic heterocycles. The first-order valence-corrected chi connectivity index (χ1v) is 27.2. The van der Waals surface area contributed by atoms with Crippen LogP contribution in [0.25, 0.3) is 10.9 Å². The Balaban J connectivity index is 1.35. The maximum absolute atomic E-state index is 14.6. The van der Waals surface area contributed by atoms with Crippen molar-refractivity contribution in [2.24, 2.45) is 35.5 Å². The van der Waals surface area contributed by atoms with E-state index in [1.165, 1.54) is 12.0 Å². The number of esters is 1. The second-order valence-electron chi connectivity index (χ2n) is 22.6. The minimum Gasteiger partial charge on any atom is -0.460 e. The van der Waals surface area contributed by atoms with Crippen molar-refractivity contribution in [3.05, 3.63) is 83.1 Å². The number of fused-ring (bicyclic) bond motifs is 4. The van der Waals surface area contributed by atoms with Crippen LogP contribution in [0.3, 0.4) is 0 Å². The molecule has 6 N–H and O–H groups in total. The summed E-state index contributed by atoms with van der Waals surface area (Å²) in [6.45, 7) is 15.5. The Bertz CT molecular complexity index is 2290. The van der Waals surface area contributed by atoms with Crippen LogP contribution in [0.4, 0.5) is 0 Å². The lowest BCUT2D eigenvalue weighted by atomic mass is 9.78. The molecule has 0 radical (unpaired) electrons. The molecular weight excluding hydrogens is 929 g/mol. The summed E-state index contributed by atoms with van der Waals surface area (Å²) in [6, 6.07) is 5.06. The van der Waals surface area contributed by atoms with E-state index in [0.717, 1.165) is 34.0 Å². The number of aryl methyl sites for hydroxylation is 1. The summed E-state index contributed by atoms with van der Waals surface area (Å²) in [5.41, 5.74) is 4.71. The third-order valence-electron chi connectivity index (χ3n) is 17.0. The van der Waals surface area contributed by atoms with E-state index in [1.807, 2.05) is 51.3 Å². The van der Waals surface area contributed by atoms with Crippen molar-refractivity contribution < 1.29 is 58.9 Å². The molecule has 1 amide bonds. The van der Waals surface area contributed by atoms with E-state index in [9.17, 15) is 39.9 Å². The molecule has 14 nitrogen and oxygen atoms in total. The summed E-state index contributed by atoms with van der Waals surface area (Å²) in [7, 11) is 3.05. The number of allylic oxidation sites excluding steroid dienone is 6. The molecule has 73 heavy (non-hydrogen) atoms. The zero-order valence-electron chi connectivity index (χ0n) is 45.2. The van der Waals surface area contributed by atoms with Gasteiger partial charge >= 0.3 is 5.97 Å². The van der Waals surface area contributed by atoms with Gasteiger partial charge in [0.15, 0.2) is 0 Å². The van der Waals surface area contributed by atoms with Crippen LogP contribution in [0.1, 0.15) is 143 Å². The van der Waals surface area contributed by atoms with Crippen molar-refractivity contribution in [1.82, 2.24) is 9.88 Å². The quantitative estimate of drug-likeness (QED) is 0.0918. The van der Waals surface area contributed by atoms with Crippen LogP contribution >= 0.6 is 0 Å². The van der Waals surface area contributed by atoms with Gasteiger partial charge in [0.25, 0.3) is 11.7 Å². The Kier molecular flexibility index (Phi) is 20.9. The fraction of sp³-hybridized carbons (Fsp3) is 0.678. The van der Waals surface area contributed by atoms with E-state index in [0.29, 0.717) is 63.4 Å². The maximum atomic E-state index is 14.6. The minimum absolute atomic E-state index is 0.0326. The number of benzene rings is 1. The highest BCUT2D eigenvalue weighted by atomic mass is 16.6. The molecule has 2 saturated heterocycles. The normalized spacial score (nSPS) is 39.4. The molecule has 2 bridgehead atoms. The molecular formula is C59H88N2O12. The number of methoxy groups -OCH3 is 2. The SMILES string of the molecule is CO[C@H]1[C@@H](O)[C@H](C)C[C@H](C)/C=C/C=C/C=C(\C)[C@@H](c2c[nH]c3c(C)cccc23)C[C@@H]2CC[C@@H](C)[C@@](O)(O2)C(=O)C(=O)N2CCCCC2C(=O)O[C@H]([C@H](C)CC2CC[C@@H](O)[C@H](OC)C2)C[C@H](O)[C@H](C)/C=C(\C)[C@H]1O. The lowest BCUT2D eigenvalue weighted by Gasteiger charge is -2.43. The molecule has 4 heterocycles. The van der Waals surface area contributed by atoms with E-state index in [4.69, 9.17) is 18.9 Å². The van der Waals surface area contributed by atoms with Gasteiger partial charge in [-0.2, -0.15) is 0 Å². The predicted octanol–water partition coefficient (Wildman–Crippen LogP) is 8.32. The van der Waals surface area contributed by atoms with Crippen LogP contribution in [0.5, 0.6) is 0 Å². The number of cyclic esters (lactones) is 1. The number of aliphatic hydroxyl groups is 5. The minimum atomic E-state index is -2.44.